The zero-order chi connectivity index (χ0) is 26.1. The molecule has 0 aliphatic carbocycles. The van der Waals surface area contributed by atoms with Gasteiger partial charge in [0.25, 0.3) is 5.91 Å². The van der Waals surface area contributed by atoms with Crippen molar-refractivity contribution in [1.82, 2.24) is 14.9 Å². The third-order valence-electron chi connectivity index (χ3n) is 4.86. The molecule has 0 saturated heterocycles. The van der Waals surface area contributed by atoms with Crippen LogP contribution in [-0.4, -0.2) is 54.2 Å². The Labute approximate surface area is 198 Å². The molecule has 3 atom stereocenters. The van der Waals surface area contributed by atoms with E-state index < -0.39 is 37.0 Å². The van der Waals surface area contributed by atoms with Crippen molar-refractivity contribution in [3.63, 3.8) is 0 Å². The first-order chi connectivity index (χ1) is 17.2. The number of carbonyl (C=O) groups excluding carboxylic acids is 3. The molecule has 180 valence electrons. The molecule has 0 saturated carbocycles. The fourth-order valence-electron chi connectivity index (χ4n) is 3.03. The summed E-state index contributed by atoms with van der Waals surface area (Å²) in [6, 6.07) is 7.79. The number of nitrogens with zero attached hydrogens (tertiary/aromatic N) is 2. The minimum absolute atomic E-state index is 0.00568. The third kappa shape index (κ3) is 6.83. The predicted octanol–water partition coefficient (Wildman–Crippen LogP) is 1.16. The fraction of sp³-hybridized carbons (Fsp3) is 0.348. The van der Waals surface area contributed by atoms with Crippen LogP contribution in [0.15, 0.2) is 53.5 Å². The highest BCUT2D eigenvalue weighted by Crippen LogP contribution is 2.20. The van der Waals surface area contributed by atoms with Crippen LogP contribution in [0, 0.1) is 0 Å². The van der Waals surface area contributed by atoms with Crippen molar-refractivity contribution in [2.24, 2.45) is 0 Å². The summed E-state index contributed by atoms with van der Waals surface area (Å²) in [5.74, 6) is -1.17. The van der Waals surface area contributed by atoms with E-state index in [2.05, 4.69) is 15.6 Å². The van der Waals surface area contributed by atoms with Crippen molar-refractivity contribution in [2.45, 2.75) is 31.8 Å². The van der Waals surface area contributed by atoms with E-state index in [0.29, 0.717) is 11.1 Å². The molecule has 1 aromatic heterocycles. The highest BCUT2D eigenvalue weighted by molar-refractivity contribution is 6.03. The van der Waals surface area contributed by atoms with Gasteiger partial charge in [0.2, 0.25) is 5.91 Å². The molecule has 2 aromatic rings. The van der Waals surface area contributed by atoms with Crippen LogP contribution < -0.4 is 16.3 Å². The summed E-state index contributed by atoms with van der Waals surface area (Å²) in [5, 5.41) is 4.98. The summed E-state index contributed by atoms with van der Waals surface area (Å²) < 4.78 is 30.9. The van der Waals surface area contributed by atoms with Gasteiger partial charge < -0.3 is 24.8 Å². The third-order valence-corrected chi connectivity index (χ3v) is 4.86. The molecule has 0 fully saturated rings. The minimum atomic E-state index is -1.42. The number of rotatable bonds is 10. The van der Waals surface area contributed by atoms with E-state index >= 15 is 0 Å². The van der Waals surface area contributed by atoms with Gasteiger partial charge in [-0.25, -0.2) is 4.79 Å². The topological polar surface area (TPSA) is 138 Å². The van der Waals surface area contributed by atoms with Gasteiger partial charge >= 0.3 is 11.7 Å². The smallest absolute Gasteiger partial charge is 0.351 e. The Kier molecular flexibility index (Phi) is 7.67. The molecule has 2 heterocycles. The van der Waals surface area contributed by atoms with Crippen LogP contribution in [0.1, 0.15) is 37.7 Å². The molecule has 0 spiro atoms. The second kappa shape index (κ2) is 11.9. The molecule has 34 heavy (non-hydrogen) atoms. The SMILES string of the molecule is [2H]C([3H])OC[C@@H]1C=C[C@H](n2ccc(NC(=O)c3ccc(COC(=O)CCC(=O)NC)cc3)nc2=O)O1. The molecule has 0 bridgehead atoms. The lowest BCUT2D eigenvalue weighted by Crippen LogP contribution is -2.29. The van der Waals surface area contributed by atoms with Crippen LogP contribution in [0.5, 0.6) is 0 Å². The van der Waals surface area contributed by atoms with Crippen molar-refractivity contribution in [1.29, 1.82) is 0 Å². The van der Waals surface area contributed by atoms with Crippen LogP contribution in [-0.2, 0) is 30.4 Å². The number of hydrogen-bond acceptors (Lipinski definition) is 8. The van der Waals surface area contributed by atoms with Crippen LogP contribution in [0.2, 0.25) is 0 Å². The average molecular weight is 473 g/mol. The number of aromatic nitrogens is 2. The largest absolute Gasteiger partial charge is 0.461 e. The Hall–Kier alpha value is -3.83. The van der Waals surface area contributed by atoms with Gasteiger partial charge in [0.15, 0.2) is 6.23 Å². The number of carbonyl (C=O) groups is 3. The monoisotopic (exact) mass is 473 g/mol. The molecule has 2 N–H and O–H groups in total. The van der Waals surface area contributed by atoms with Gasteiger partial charge in [0.05, 0.1) is 15.8 Å². The number of anilines is 1. The van der Waals surface area contributed by atoms with Crippen molar-refractivity contribution in [3.8, 4) is 0 Å². The maximum Gasteiger partial charge on any atom is 0.351 e. The second-order valence-corrected chi connectivity index (χ2v) is 7.27. The number of esters is 1. The Morgan fingerprint density at radius 1 is 1.24 bits per heavy atom. The Morgan fingerprint density at radius 2 is 2.03 bits per heavy atom. The zero-order valence-electron chi connectivity index (χ0n) is 20.4. The molecule has 3 rings (SSSR count). The normalized spacial score (nSPS) is 18.5. The molecule has 1 aliphatic rings. The first kappa shape index (κ1) is 22.0. The predicted molar refractivity (Wildman–Crippen MR) is 121 cm³/mol. The standard InChI is InChI=1S/C23H26N4O7/c1-24-19(28)8-10-21(29)33-13-15-3-5-16(6-4-15)22(30)25-18-11-12-27(23(31)26-18)20-9-7-17(34-20)14-32-2/h3-7,9,11-12,17,20H,8,10,13-14H2,1-2H3,(H,24,28)(H,25,26,30,31)/t17-,20+/m0/s1/i2TD/t2?,17-,20+. The molecular weight excluding hydrogens is 444 g/mol. The van der Waals surface area contributed by atoms with E-state index in [1.807, 2.05) is 0 Å². The van der Waals surface area contributed by atoms with Crippen LogP contribution in [0.3, 0.4) is 0 Å². The number of ether oxygens (including phenoxy) is 3. The maximum absolute atomic E-state index is 12.5. The summed E-state index contributed by atoms with van der Waals surface area (Å²) >= 11 is 0. The van der Waals surface area contributed by atoms with Crippen LogP contribution in [0.4, 0.5) is 5.82 Å². The van der Waals surface area contributed by atoms with E-state index in [9.17, 15) is 19.2 Å². The lowest BCUT2D eigenvalue weighted by molar-refractivity contribution is -0.146. The maximum atomic E-state index is 12.5. The van der Waals surface area contributed by atoms with Gasteiger partial charge in [-0.2, -0.15) is 4.98 Å². The van der Waals surface area contributed by atoms with E-state index in [1.54, 1.807) is 36.4 Å². The summed E-state index contributed by atoms with van der Waals surface area (Å²) in [4.78, 5) is 51.7. The number of benzene rings is 1. The molecule has 1 unspecified atom stereocenters. The Morgan fingerprint density at radius 3 is 2.74 bits per heavy atom. The van der Waals surface area contributed by atoms with Gasteiger partial charge in [0, 0.05) is 32.3 Å². The second-order valence-electron chi connectivity index (χ2n) is 7.27. The number of hydrogen-bond donors (Lipinski definition) is 2. The average Bonchev–Trinajstić information content (AvgIpc) is 3.33. The van der Waals surface area contributed by atoms with Crippen LogP contribution in [0.25, 0.3) is 0 Å². The van der Waals surface area contributed by atoms with Gasteiger partial charge in [-0.05, 0) is 29.8 Å². The van der Waals surface area contributed by atoms with E-state index in [-0.39, 0.29) is 37.8 Å². The molecule has 11 heteroatoms. The number of nitrogens with one attached hydrogen (secondary N) is 2. The molecule has 11 nitrogen and oxygen atoms in total. The molecule has 0 radical (unpaired) electrons. The number of methoxy groups -OCH3 is 1. The fourth-order valence-corrected chi connectivity index (χ4v) is 3.03. The Bertz CT molecular complexity index is 1170. The van der Waals surface area contributed by atoms with E-state index in [4.69, 9.17) is 17.0 Å². The quantitative estimate of drug-likeness (QED) is 0.387. The molecule has 1 aromatic carbocycles. The van der Waals surface area contributed by atoms with Crippen LogP contribution >= 0.6 is 0 Å². The molecular formula is C23H26N4O7. The summed E-state index contributed by atoms with van der Waals surface area (Å²) in [7, 11) is 0.0654. The lowest BCUT2D eigenvalue weighted by atomic mass is 10.1. The highest BCUT2D eigenvalue weighted by Gasteiger charge is 2.21. The lowest BCUT2D eigenvalue weighted by Gasteiger charge is -2.15. The highest BCUT2D eigenvalue weighted by atomic mass is 16.5. The first-order valence-corrected chi connectivity index (χ1v) is 10.4. The first-order valence-electron chi connectivity index (χ1n) is 11.6. The van der Waals surface area contributed by atoms with Gasteiger partial charge in [-0.15, -0.1) is 0 Å². The van der Waals surface area contributed by atoms with Crippen molar-refractivity contribution in [3.05, 3.63) is 70.3 Å². The summed E-state index contributed by atoms with van der Waals surface area (Å²) in [6.07, 6.45) is 3.55. The Balaban J connectivity index is 1.50. The summed E-state index contributed by atoms with van der Waals surface area (Å²) in [5.41, 5.74) is 0.328. The van der Waals surface area contributed by atoms with Gasteiger partial charge in [-0.3, -0.25) is 19.0 Å². The van der Waals surface area contributed by atoms with Gasteiger partial charge in [-0.1, -0.05) is 18.2 Å². The van der Waals surface area contributed by atoms with E-state index in [1.165, 1.54) is 23.9 Å². The zero-order valence-corrected chi connectivity index (χ0v) is 18.4. The van der Waals surface area contributed by atoms with Crippen molar-refractivity contribution in [2.75, 3.05) is 26.0 Å². The van der Waals surface area contributed by atoms with E-state index in [0.717, 1.165) is 0 Å². The van der Waals surface area contributed by atoms with Gasteiger partial charge in [0.1, 0.15) is 18.5 Å². The summed E-state index contributed by atoms with van der Waals surface area (Å²) in [6.45, 7) is 0.0195. The van der Waals surface area contributed by atoms with Crippen molar-refractivity contribution < 1.29 is 31.3 Å². The number of amides is 2. The van der Waals surface area contributed by atoms with Crippen molar-refractivity contribution >= 4 is 23.6 Å². The minimum Gasteiger partial charge on any atom is -0.461 e. The molecule has 2 amide bonds. The molecule has 1 aliphatic heterocycles.